The lowest BCUT2D eigenvalue weighted by Crippen LogP contribution is -2.26. The van der Waals surface area contributed by atoms with Crippen molar-refractivity contribution in [1.82, 2.24) is 0 Å². The van der Waals surface area contributed by atoms with Crippen LogP contribution in [0, 0.1) is 0 Å². The molecule has 1 N–H and O–H groups in total. The fraction of sp³-hybridized carbons (Fsp3) is 0.571. The van der Waals surface area contributed by atoms with Gasteiger partial charge in [-0.1, -0.05) is 45.0 Å². The zero-order valence-corrected chi connectivity index (χ0v) is 10.7. The Morgan fingerprint density at radius 3 is 2.50 bits per heavy atom. The van der Waals surface area contributed by atoms with Gasteiger partial charge in [-0.3, -0.25) is 0 Å². The number of aliphatic hydroxyl groups excluding tert-OH is 1. The van der Waals surface area contributed by atoms with Crippen molar-refractivity contribution in [3.8, 4) is 0 Å². The Labute approximate surface area is 98.3 Å². The van der Waals surface area contributed by atoms with Gasteiger partial charge in [0.1, 0.15) is 0 Å². The molecule has 0 saturated heterocycles. The van der Waals surface area contributed by atoms with E-state index in [2.05, 4.69) is 26.0 Å². The number of hydrogen-bond acceptors (Lipinski definition) is 2. The minimum atomic E-state index is -0.0191. The first-order chi connectivity index (χ1) is 7.53. The summed E-state index contributed by atoms with van der Waals surface area (Å²) >= 11 is 0. The Morgan fingerprint density at radius 2 is 1.94 bits per heavy atom. The number of ether oxygens (including phenoxy) is 1. The van der Waals surface area contributed by atoms with Crippen molar-refractivity contribution in [1.29, 1.82) is 0 Å². The van der Waals surface area contributed by atoms with Crippen LogP contribution in [0.2, 0.25) is 0 Å². The molecule has 0 aliphatic carbocycles. The number of benzene rings is 1. The monoisotopic (exact) mass is 222 g/mol. The van der Waals surface area contributed by atoms with Gasteiger partial charge in [0.15, 0.2) is 0 Å². The third-order valence-corrected chi connectivity index (χ3v) is 3.00. The van der Waals surface area contributed by atoms with Gasteiger partial charge in [-0.25, -0.2) is 0 Å². The summed E-state index contributed by atoms with van der Waals surface area (Å²) in [5.74, 6) is 0.173. The molecule has 0 heterocycles. The van der Waals surface area contributed by atoms with Crippen LogP contribution in [0.3, 0.4) is 0 Å². The molecule has 0 bridgehead atoms. The van der Waals surface area contributed by atoms with Crippen molar-refractivity contribution < 1.29 is 9.84 Å². The SMILES string of the molecule is COCC(C)(C)c1ccccc1C(C)CO. The predicted molar refractivity (Wildman–Crippen MR) is 66.8 cm³/mol. The molecule has 90 valence electrons. The van der Waals surface area contributed by atoms with E-state index in [1.54, 1.807) is 7.11 Å². The van der Waals surface area contributed by atoms with Gasteiger partial charge in [0.05, 0.1) is 6.61 Å². The highest BCUT2D eigenvalue weighted by Crippen LogP contribution is 2.30. The zero-order chi connectivity index (χ0) is 12.2. The summed E-state index contributed by atoms with van der Waals surface area (Å²) in [7, 11) is 1.72. The molecular weight excluding hydrogens is 200 g/mol. The van der Waals surface area contributed by atoms with Gasteiger partial charge in [-0.05, 0) is 11.1 Å². The summed E-state index contributed by atoms with van der Waals surface area (Å²) in [6.07, 6.45) is 0. The van der Waals surface area contributed by atoms with Crippen LogP contribution >= 0.6 is 0 Å². The first-order valence-corrected chi connectivity index (χ1v) is 5.72. The molecule has 0 radical (unpaired) electrons. The molecule has 2 heteroatoms. The summed E-state index contributed by atoms with van der Waals surface area (Å²) in [6, 6.07) is 8.28. The second kappa shape index (κ2) is 5.46. The molecule has 0 amide bonds. The van der Waals surface area contributed by atoms with E-state index in [0.29, 0.717) is 6.61 Å². The zero-order valence-electron chi connectivity index (χ0n) is 10.7. The van der Waals surface area contributed by atoms with Crippen LogP contribution in [-0.4, -0.2) is 25.4 Å². The van der Waals surface area contributed by atoms with Crippen LogP contribution < -0.4 is 0 Å². The Balaban J connectivity index is 3.12. The molecule has 0 saturated carbocycles. The van der Waals surface area contributed by atoms with Gasteiger partial charge in [-0.15, -0.1) is 0 Å². The van der Waals surface area contributed by atoms with Crippen molar-refractivity contribution in [3.63, 3.8) is 0 Å². The first kappa shape index (κ1) is 13.2. The average molecular weight is 222 g/mol. The molecule has 0 aromatic heterocycles. The van der Waals surface area contributed by atoms with E-state index in [-0.39, 0.29) is 17.9 Å². The van der Waals surface area contributed by atoms with Crippen molar-refractivity contribution >= 4 is 0 Å². The molecule has 1 aromatic carbocycles. The maximum atomic E-state index is 9.28. The van der Waals surface area contributed by atoms with Gasteiger partial charge in [0.2, 0.25) is 0 Å². The number of rotatable bonds is 5. The van der Waals surface area contributed by atoms with E-state index in [4.69, 9.17) is 4.74 Å². The van der Waals surface area contributed by atoms with Crippen LogP contribution in [0.4, 0.5) is 0 Å². The summed E-state index contributed by atoms with van der Waals surface area (Å²) in [4.78, 5) is 0. The van der Waals surface area contributed by atoms with E-state index < -0.39 is 0 Å². The Morgan fingerprint density at radius 1 is 1.31 bits per heavy atom. The average Bonchev–Trinajstić information content (AvgIpc) is 2.28. The standard InChI is InChI=1S/C14H22O2/c1-11(9-15)12-7-5-6-8-13(12)14(2,3)10-16-4/h5-8,11,15H,9-10H2,1-4H3. The van der Waals surface area contributed by atoms with Gasteiger partial charge in [0, 0.05) is 25.0 Å². The lowest BCUT2D eigenvalue weighted by atomic mass is 9.79. The molecular formula is C14H22O2. The molecule has 0 spiro atoms. The molecule has 2 nitrogen and oxygen atoms in total. The molecule has 0 aliphatic rings. The normalized spacial score (nSPS) is 13.8. The predicted octanol–water partition coefficient (Wildman–Crippen LogP) is 2.71. The van der Waals surface area contributed by atoms with Crippen molar-refractivity contribution in [2.75, 3.05) is 20.3 Å². The summed E-state index contributed by atoms with van der Waals surface area (Å²) in [5.41, 5.74) is 2.46. The molecule has 1 atom stereocenters. The van der Waals surface area contributed by atoms with Crippen molar-refractivity contribution in [2.24, 2.45) is 0 Å². The molecule has 1 aromatic rings. The number of methoxy groups -OCH3 is 1. The highest BCUT2D eigenvalue weighted by molar-refractivity contribution is 5.35. The Bertz CT molecular complexity index is 331. The minimum absolute atomic E-state index is 0.0191. The maximum absolute atomic E-state index is 9.28. The lowest BCUT2D eigenvalue weighted by molar-refractivity contribution is 0.145. The number of aliphatic hydroxyl groups is 1. The first-order valence-electron chi connectivity index (χ1n) is 5.72. The van der Waals surface area contributed by atoms with E-state index in [1.165, 1.54) is 11.1 Å². The summed E-state index contributed by atoms with van der Waals surface area (Å²) in [6.45, 7) is 7.24. The van der Waals surface area contributed by atoms with Crippen molar-refractivity contribution in [3.05, 3.63) is 35.4 Å². The topological polar surface area (TPSA) is 29.5 Å². The van der Waals surface area contributed by atoms with Crippen LogP contribution in [0.15, 0.2) is 24.3 Å². The third kappa shape index (κ3) is 2.83. The van der Waals surface area contributed by atoms with Gasteiger partial charge in [-0.2, -0.15) is 0 Å². The van der Waals surface area contributed by atoms with Crippen LogP contribution in [-0.2, 0) is 10.2 Å². The van der Waals surface area contributed by atoms with Crippen LogP contribution in [0.5, 0.6) is 0 Å². The molecule has 1 rings (SSSR count). The third-order valence-electron chi connectivity index (χ3n) is 3.00. The van der Waals surface area contributed by atoms with Crippen LogP contribution in [0.25, 0.3) is 0 Å². The fourth-order valence-electron chi connectivity index (χ4n) is 2.08. The van der Waals surface area contributed by atoms with Crippen LogP contribution in [0.1, 0.15) is 37.8 Å². The second-order valence-corrected chi connectivity index (χ2v) is 4.99. The van der Waals surface area contributed by atoms with Gasteiger partial charge < -0.3 is 9.84 Å². The number of hydrogen-bond donors (Lipinski definition) is 1. The van der Waals surface area contributed by atoms with E-state index in [0.717, 1.165) is 0 Å². The Hall–Kier alpha value is -0.860. The van der Waals surface area contributed by atoms with E-state index in [1.807, 2.05) is 19.1 Å². The highest BCUT2D eigenvalue weighted by Gasteiger charge is 2.24. The Kier molecular flexibility index (Phi) is 4.51. The maximum Gasteiger partial charge on any atom is 0.0553 e. The lowest BCUT2D eigenvalue weighted by Gasteiger charge is -2.28. The van der Waals surface area contributed by atoms with Gasteiger partial charge in [0.25, 0.3) is 0 Å². The largest absolute Gasteiger partial charge is 0.396 e. The second-order valence-electron chi connectivity index (χ2n) is 4.99. The fourth-order valence-corrected chi connectivity index (χ4v) is 2.08. The van der Waals surface area contributed by atoms with Gasteiger partial charge >= 0.3 is 0 Å². The highest BCUT2D eigenvalue weighted by atomic mass is 16.5. The molecule has 1 unspecified atom stereocenters. The smallest absolute Gasteiger partial charge is 0.0553 e. The minimum Gasteiger partial charge on any atom is -0.396 e. The van der Waals surface area contributed by atoms with E-state index >= 15 is 0 Å². The summed E-state index contributed by atoms with van der Waals surface area (Å²) < 4.78 is 5.27. The molecule has 0 fully saturated rings. The summed E-state index contributed by atoms with van der Waals surface area (Å²) in [5, 5.41) is 9.28. The quantitative estimate of drug-likeness (QED) is 0.830. The molecule has 0 aliphatic heterocycles. The van der Waals surface area contributed by atoms with E-state index in [9.17, 15) is 5.11 Å². The molecule has 16 heavy (non-hydrogen) atoms. The van der Waals surface area contributed by atoms with Crippen molar-refractivity contribution in [2.45, 2.75) is 32.1 Å².